The van der Waals surface area contributed by atoms with Crippen molar-refractivity contribution in [1.29, 1.82) is 0 Å². The Kier molecular flexibility index (Phi) is 5.45. The monoisotopic (exact) mass is 346 g/mol. The van der Waals surface area contributed by atoms with Gasteiger partial charge >= 0.3 is 0 Å². The Morgan fingerprint density at radius 1 is 1.59 bits per heavy atom. The third-order valence-corrected chi connectivity index (χ3v) is 5.51. The SMILES string of the molecule is C=P(C)(C)CC[C@H]1OC(n2ccc(=O)[nH]c2=S)[C@H](OC)[C@@H]1O. The number of hydrogen-bond acceptors (Lipinski definition) is 5. The second-order valence-electron chi connectivity index (χ2n) is 6.22. The van der Waals surface area contributed by atoms with Crippen LogP contribution in [0.1, 0.15) is 12.6 Å². The first-order chi connectivity index (χ1) is 10.2. The highest BCUT2D eigenvalue weighted by atomic mass is 32.1. The molecular formula is C14H23N2O4PS. The Bertz CT molecular complexity index is 680. The summed E-state index contributed by atoms with van der Waals surface area (Å²) in [6.45, 7) is 3.11. The van der Waals surface area contributed by atoms with Gasteiger partial charge in [0.05, 0.1) is 6.10 Å². The number of aliphatic hydroxyl groups is 1. The van der Waals surface area contributed by atoms with E-state index in [1.165, 1.54) is 13.2 Å². The molecule has 0 spiro atoms. The molecule has 0 saturated carbocycles. The van der Waals surface area contributed by atoms with E-state index >= 15 is 0 Å². The molecule has 124 valence electrons. The lowest BCUT2D eigenvalue weighted by atomic mass is 10.1. The molecule has 2 rings (SSSR count). The lowest BCUT2D eigenvalue weighted by molar-refractivity contribution is -0.0531. The molecule has 6 nitrogen and oxygen atoms in total. The van der Waals surface area contributed by atoms with Gasteiger partial charge in [-0.25, -0.2) is 0 Å². The lowest BCUT2D eigenvalue weighted by Gasteiger charge is -2.20. The number of nitrogens with zero attached hydrogens (tertiary/aromatic N) is 1. The molecule has 2 heterocycles. The largest absolute Gasteiger partial charge is 0.388 e. The van der Waals surface area contributed by atoms with Gasteiger partial charge in [0.15, 0.2) is 11.0 Å². The van der Waals surface area contributed by atoms with Crippen molar-refractivity contribution in [3.05, 3.63) is 27.4 Å². The number of aliphatic hydroxyl groups excluding tert-OH is 1. The van der Waals surface area contributed by atoms with Gasteiger partial charge in [0, 0.05) is 19.4 Å². The van der Waals surface area contributed by atoms with Gasteiger partial charge in [0.25, 0.3) is 5.56 Å². The molecule has 2 N–H and O–H groups in total. The molecule has 8 heteroatoms. The summed E-state index contributed by atoms with van der Waals surface area (Å²) in [5, 5.41) is 10.4. The zero-order chi connectivity index (χ0) is 16.5. The average molecular weight is 346 g/mol. The van der Waals surface area contributed by atoms with Crippen LogP contribution in [0.3, 0.4) is 0 Å². The van der Waals surface area contributed by atoms with Gasteiger partial charge in [0.2, 0.25) is 0 Å². The van der Waals surface area contributed by atoms with Crippen molar-refractivity contribution in [2.75, 3.05) is 26.6 Å². The van der Waals surface area contributed by atoms with Crippen molar-refractivity contribution >= 4 is 25.4 Å². The second kappa shape index (κ2) is 6.81. The fraction of sp³-hybridized carbons (Fsp3) is 0.643. The maximum Gasteiger partial charge on any atom is 0.251 e. The Balaban J connectivity index is 2.23. The first kappa shape index (κ1) is 17.6. The van der Waals surface area contributed by atoms with E-state index in [-0.39, 0.29) is 16.4 Å². The van der Waals surface area contributed by atoms with Gasteiger partial charge in [-0.2, -0.15) is 0 Å². The quantitative estimate of drug-likeness (QED) is 0.620. The Hall–Kier alpha value is -0.720. The van der Waals surface area contributed by atoms with Crippen LogP contribution in [0.15, 0.2) is 17.1 Å². The van der Waals surface area contributed by atoms with E-state index < -0.39 is 25.3 Å². The summed E-state index contributed by atoms with van der Waals surface area (Å²) in [6, 6.07) is 1.37. The van der Waals surface area contributed by atoms with Crippen molar-refractivity contribution in [3.8, 4) is 0 Å². The van der Waals surface area contributed by atoms with Crippen LogP contribution in [0.25, 0.3) is 0 Å². The van der Waals surface area contributed by atoms with Crippen LogP contribution in [0.2, 0.25) is 0 Å². The molecule has 1 saturated heterocycles. The number of rotatable bonds is 5. The molecule has 1 aromatic rings. The van der Waals surface area contributed by atoms with Crippen molar-refractivity contribution in [1.82, 2.24) is 9.55 Å². The third-order valence-electron chi connectivity index (χ3n) is 3.73. The highest BCUT2D eigenvalue weighted by molar-refractivity contribution is 7.72. The van der Waals surface area contributed by atoms with Gasteiger partial charge in [-0.1, -0.05) is 0 Å². The number of hydrogen-bond donors (Lipinski definition) is 2. The van der Waals surface area contributed by atoms with E-state index in [4.69, 9.17) is 21.7 Å². The zero-order valence-corrected chi connectivity index (χ0v) is 14.8. The van der Waals surface area contributed by atoms with Crippen LogP contribution in [-0.4, -0.2) is 65.9 Å². The normalized spacial score (nSPS) is 28.9. The molecule has 0 bridgehead atoms. The molecule has 22 heavy (non-hydrogen) atoms. The summed E-state index contributed by atoms with van der Waals surface area (Å²) in [5.41, 5.74) is -0.270. The number of methoxy groups -OCH3 is 1. The average Bonchev–Trinajstić information content (AvgIpc) is 2.72. The van der Waals surface area contributed by atoms with Crippen molar-refractivity contribution in [2.24, 2.45) is 0 Å². The summed E-state index contributed by atoms with van der Waals surface area (Å²) in [7, 11) is 1.53. The lowest BCUT2D eigenvalue weighted by Crippen LogP contribution is -2.34. The fourth-order valence-corrected chi connectivity index (χ4v) is 3.76. The second-order valence-corrected chi connectivity index (χ2v) is 10.9. The first-order valence-electron chi connectivity index (χ1n) is 7.08. The molecule has 1 aromatic heterocycles. The summed E-state index contributed by atoms with van der Waals surface area (Å²) in [6.07, 6.45) is 5.23. The third kappa shape index (κ3) is 3.97. The maximum absolute atomic E-state index is 11.3. The molecule has 0 radical (unpaired) electrons. The topological polar surface area (TPSA) is 76.5 Å². The molecule has 0 aliphatic carbocycles. The summed E-state index contributed by atoms with van der Waals surface area (Å²) >= 11 is 5.16. The highest BCUT2D eigenvalue weighted by Gasteiger charge is 2.44. The number of nitrogens with one attached hydrogen (secondary N) is 1. The number of H-pyrrole nitrogens is 1. The molecule has 1 aliphatic rings. The molecule has 1 aliphatic heterocycles. The van der Waals surface area contributed by atoms with Crippen LogP contribution < -0.4 is 5.56 Å². The van der Waals surface area contributed by atoms with E-state index in [2.05, 4.69) is 24.6 Å². The van der Waals surface area contributed by atoms with Crippen LogP contribution in [0.5, 0.6) is 0 Å². The minimum absolute atomic E-state index is 0.248. The van der Waals surface area contributed by atoms with E-state index in [9.17, 15) is 9.90 Å². The van der Waals surface area contributed by atoms with Crippen LogP contribution in [-0.2, 0) is 9.47 Å². The van der Waals surface area contributed by atoms with E-state index in [1.54, 1.807) is 10.8 Å². The fourth-order valence-electron chi connectivity index (χ4n) is 2.54. The summed E-state index contributed by atoms with van der Waals surface area (Å²) < 4.78 is 13.2. The smallest absolute Gasteiger partial charge is 0.251 e. The van der Waals surface area contributed by atoms with Crippen LogP contribution in [0.4, 0.5) is 0 Å². The summed E-state index contributed by atoms with van der Waals surface area (Å²) in [4.78, 5) is 13.8. The first-order valence-corrected chi connectivity index (χ1v) is 10.5. The van der Waals surface area contributed by atoms with Crippen LogP contribution >= 0.6 is 19.1 Å². The Morgan fingerprint density at radius 3 is 2.82 bits per heavy atom. The van der Waals surface area contributed by atoms with Gasteiger partial charge in [-0.15, -0.1) is 13.2 Å². The molecular weight excluding hydrogens is 323 g/mol. The van der Waals surface area contributed by atoms with Gasteiger partial charge in [-0.3, -0.25) is 14.3 Å². The maximum atomic E-state index is 11.3. The molecule has 0 amide bonds. The van der Waals surface area contributed by atoms with Gasteiger partial charge in [0.1, 0.15) is 12.2 Å². The van der Waals surface area contributed by atoms with E-state index in [0.717, 1.165) is 12.6 Å². The standard InChI is InChI=1S/C14H23N2O4PS/c1-19-12-11(18)9(6-8-21(2,3)4)20-13(12)16-7-5-10(17)15-14(16)22/h5,7,9,11-13,18H,2,6,8H2,1,3-4H3,(H,15,17,22)/t9-,11-,12-,13?/m1/s1. The minimum Gasteiger partial charge on any atom is -0.388 e. The van der Waals surface area contributed by atoms with Gasteiger partial charge < -0.3 is 14.6 Å². The number of aromatic amines is 1. The predicted octanol–water partition coefficient (Wildman–Crippen LogP) is 1.28. The highest BCUT2D eigenvalue weighted by Crippen LogP contribution is 2.39. The molecule has 4 atom stereocenters. The summed E-state index contributed by atoms with van der Waals surface area (Å²) in [5.74, 6) is 0. The Labute approximate surface area is 135 Å². The molecule has 1 fully saturated rings. The number of aromatic nitrogens is 2. The van der Waals surface area contributed by atoms with Crippen molar-refractivity contribution < 1.29 is 14.6 Å². The van der Waals surface area contributed by atoms with E-state index in [1.807, 2.05) is 0 Å². The molecule has 0 aromatic carbocycles. The molecule has 1 unspecified atom stereocenters. The van der Waals surface area contributed by atoms with E-state index in [0.29, 0.717) is 0 Å². The van der Waals surface area contributed by atoms with Crippen molar-refractivity contribution in [3.63, 3.8) is 0 Å². The Morgan fingerprint density at radius 2 is 2.27 bits per heavy atom. The number of ether oxygens (including phenoxy) is 2. The predicted molar refractivity (Wildman–Crippen MR) is 92.0 cm³/mol. The van der Waals surface area contributed by atoms with Gasteiger partial charge in [-0.05, 0) is 38.1 Å². The zero-order valence-electron chi connectivity index (χ0n) is 13.1. The van der Waals surface area contributed by atoms with Crippen LogP contribution in [0, 0.1) is 4.77 Å². The van der Waals surface area contributed by atoms with Crippen molar-refractivity contribution in [2.45, 2.75) is 31.0 Å². The minimum atomic E-state index is -1.19.